The van der Waals surface area contributed by atoms with Crippen LogP contribution in [-0.4, -0.2) is 73.4 Å². The lowest BCUT2D eigenvalue weighted by Gasteiger charge is -2.34. The van der Waals surface area contributed by atoms with E-state index in [4.69, 9.17) is 4.74 Å². The van der Waals surface area contributed by atoms with Crippen molar-refractivity contribution in [3.63, 3.8) is 0 Å². The second kappa shape index (κ2) is 9.54. The van der Waals surface area contributed by atoms with Gasteiger partial charge in [0.25, 0.3) is 11.8 Å². The lowest BCUT2D eigenvalue weighted by molar-refractivity contribution is -0.130. The number of halogens is 1. The van der Waals surface area contributed by atoms with Crippen molar-refractivity contribution in [2.45, 2.75) is 6.54 Å². The third-order valence-electron chi connectivity index (χ3n) is 4.61. The number of carbonyl (C=O) groups excluding carboxylic acids is 2. The molecule has 28 heavy (non-hydrogen) atoms. The average Bonchev–Trinajstić information content (AvgIpc) is 3.11. The highest BCUT2D eigenvalue weighted by molar-refractivity contribution is 9.11. The van der Waals surface area contributed by atoms with Gasteiger partial charge in [-0.05, 0) is 46.3 Å². The predicted octanol–water partition coefficient (Wildman–Crippen LogP) is 2.94. The smallest absolute Gasteiger partial charge is 0.259 e. The molecule has 0 atom stereocenters. The van der Waals surface area contributed by atoms with Gasteiger partial charge in [0.2, 0.25) is 0 Å². The van der Waals surface area contributed by atoms with Crippen LogP contribution in [-0.2, 0) is 11.3 Å². The maximum absolute atomic E-state index is 12.8. The standard InChI is InChI=1S/C20H24BrN3O3S/c1-22(2)19(25)14-27-16-5-3-4-15(12-16)20(26)24-10-8-23(9-11-24)13-17-6-7-18(21)28-17/h3-7,12H,8-11,13-14H2,1-2H3. The second-order valence-corrected chi connectivity index (χ2v) is 9.43. The Morgan fingerprint density at radius 1 is 1.14 bits per heavy atom. The average molecular weight is 466 g/mol. The fraction of sp³-hybridized carbons (Fsp3) is 0.400. The molecule has 1 aliphatic rings. The summed E-state index contributed by atoms with van der Waals surface area (Å²) in [7, 11) is 3.37. The Bertz CT molecular complexity index is 832. The highest BCUT2D eigenvalue weighted by Crippen LogP contribution is 2.24. The molecule has 0 bridgehead atoms. The maximum atomic E-state index is 12.8. The quantitative estimate of drug-likeness (QED) is 0.657. The van der Waals surface area contributed by atoms with Crippen LogP contribution >= 0.6 is 27.3 Å². The summed E-state index contributed by atoms with van der Waals surface area (Å²) in [6.07, 6.45) is 0. The Kier molecular flexibility index (Phi) is 7.09. The number of ether oxygens (including phenoxy) is 1. The molecule has 1 aromatic heterocycles. The van der Waals surface area contributed by atoms with E-state index in [2.05, 4.69) is 33.0 Å². The van der Waals surface area contributed by atoms with Crippen molar-refractivity contribution in [2.75, 3.05) is 46.9 Å². The number of nitrogens with zero attached hydrogens (tertiary/aromatic N) is 3. The monoisotopic (exact) mass is 465 g/mol. The third-order valence-corrected chi connectivity index (χ3v) is 6.22. The number of hydrogen-bond acceptors (Lipinski definition) is 5. The summed E-state index contributed by atoms with van der Waals surface area (Å²) in [6, 6.07) is 11.3. The molecule has 1 fully saturated rings. The van der Waals surface area contributed by atoms with Crippen molar-refractivity contribution >= 4 is 39.1 Å². The predicted molar refractivity (Wildman–Crippen MR) is 114 cm³/mol. The first-order chi connectivity index (χ1) is 13.4. The topological polar surface area (TPSA) is 53.1 Å². The first-order valence-corrected chi connectivity index (χ1v) is 10.7. The van der Waals surface area contributed by atoms with Crippen LogP contribution in [0.25, 0.3) is 0 Å². The van der Waals surface area contributed by atoms with Crippen molar-refractivity contribution in [3.05, 3.63) is 50.6 Å². The first kappa shape index (κ1) is 20.8. The molecule has 0 unspecified atom stereocenters. The van der Waals surface area contributed by atoms with Gasteiger partial charge in [0, 0.05) is 57.3 Å². The van der Waals surface area contributed by atoms with E-state index in [1.165, 1.54) is 9.78 Å². The van der Waals surface area contributed by atoms with E-state index in [0.717, 1.165) is 23.4 Å². The molecule has 1 saturated heterocycles. The van der Waals surface area contributed by atoms with Gasteiger partial charge in [0.1, 0.15) is 5.75 Å². The highest BCUT2D eigenvalue weighted by atomic mass is 79.9. The summed E-state index contributed by atoms with van der Waals surface area (Å²) in [5.41, 5.74) is 0.588. The molecule has 1 aromatic carbocycles. The fourth-order valence-corrected chi connectivity index (χ4v) is 4.47. The van der Waals surface area contributed by atoms with Crippen molar-refractivity contribution in [2.24, 2.45) is 0 Å². The van der Waals surface area contributed by atoms with Crippen LogP contribution in [0.15, 0.2) is 40.2 Å². The number of thiophene rings is 1. The van der Waals surface area contributed by atoms with E-state index in [-0.39, 0.29) is 18.4 Å². The number of likely N-dealkylation sites (N-methyl/N-ethyl adjacent to an activating group) is 1. The number of rotatable bonds is 6. The van der Waals surface area contributed by atoms with Gasteiger partial charge >= 0.3 is 0 Å². The lowest BCUT2D eigenvalue weighted by atomic mass is 10.1. The number of hydrogen-bond donors (Lipinski definition) is 0. The summed E-state index contributed by atoms with van der Waals surface area (Å²) >= 11 is 5.25. The van der Waals surface area contributed by atoms with Crippen LogP contribution in [0.5, 0.6) is 5.75 Å². The molecule has 1 aliphatic heterocycles. The minimum atomic E-state index is -0.120. The van der Waals surface area contributed by atoms with E-state index < -0.39 is 0 Å². The SMILES string of the molecule is CN(C)C(=O)COc1cccc(C(=O)N2CCN(Cc3ccc(Br)s3)CC2)c1. The van der Waals surface area contributed by atoms with E-state index in [0.29, 0.717) is 24.4 Å². The van der Waals surface area contributed by atoms with Crippen molar-refractivity contribution in [1.82, 2.24) is 14.7 Å². The summed E-state index contributed by atoms with van der Waals surface area (Å²) in [4.78, 5) is 31.6. The molecule has 2 heterocycles. The van der Waals surface area contributed by atoms with Gasteiger partial charge in [0.05, 0.1) is 3.79 Å². The molecule has 2 amide bonds. The summed E-state index contributed by atoms with van der Waals surface area (Å²) < 4.78 is 6.66. The molecular formula is C20H24BrN3O3S. The molecule has 150 valence electrons. The van der Waals surface area contributed by atoms with Crippen LogP contribution in [0.4, 0.5) is 0 Å². The first-order valence-electron chi connectivity index (χ1n) is 9.11. The molecule has 0 aliphatic carbocycles. The fourth-order valence-electron chi connectivity index (χ4n) is 2.94. The van der Waals surface area contributed by atoms with Crippen LogP contribution in [0.1, 0.15) is 15.2 Å². The Morgan fingerprint density at radius 2 is 1.89 bits per heavy atom. The molecular weight excluding hydrogens is 442 g/mol. The van der Waals surface area contributed by atoms with Gasteiger partial charge in [-0.1, -0.05) is 6.07 Å². The second-order valence-electron chi connectivity index (χ2n) is 6.88. The largest absolute Gasteiger partial charge is 0.484 e. The molecule has 2 aromatic rings. The minimum Gasteiger partial charge on any atom is -0.484 e. The summed E-state index contributed by atoms with van der Waals surface area (Å²) in [5.74, 6) is 0.413. The number of amides is 2. The minimum absolute atomic E-state index is 0.00269. The normalized spacial score (nSPS) is 14.8. The highest BCUT2D eigenvalue weighted by Gasteiger charge is 2.22. The molecule has 0 spiro atoms. The van der Waals surface area contributed by atoms with Gasteiger partial charge in [0.15, 0.2) is 6.61 Å². The van der Waals surface area contributed by atoms with E-state index >= 15 is 0 Å². The third kappa shape index (κ3) is 5.56. The molecule has 0 N–H and O–H groups in total. The van der Waals surface area contributed by atoms with Gasteiger partial charge in [-0.2, -0.15) is 0 Å². The van der Waals surface area contributed by atoms with Crippen LogP contribution in [0, 0.1) is 0 Å². The number of benzene rings is 1. The molecule has 0 radical (unpaired) electrons. The van der Waals surface area contributed by atoms with Crippen molar-refractivity contribution < 1.29 is 14.3 Å². The summed E-state index contributed by atoms with van der Waals surface area (Å²) in [5, 5.41) is 0. The zero-order valence-corrected chi connectivity index (χ0v) is 18.5. The lowest BCUT2D eigenvalue weighted by Crippen LogP contribution is -2.48. The molecule has 6 nitrogen and oxygen atoms in total. The van der Waals surface area contributed by atoms with Crippen LogP contribution < -0.4 is 4.74 Å². The van der Waals surface area contributed by atoms with E-state index in [1.807, 2.05) is 4.90 Å². The number of carbonyl (C=O) groups is 2. The van der Waals surface area contributed by atoms with Crippen LogP contribution in [0.2, 0.25) is 0 Å². The zero-order valence-electron chi connectivity index (χ0n) is 16.1. The van der Waals surface area contributed by atoms with Crippen molar-refractivity contribution in [3.8, 4) is 5.75 Å². The van der Waals surface area contributed by atoms with E-state index in [9.17, 15) is 9.59 Å². The van der Waals surface area contributed by atoms with Crippen molar-refractivity contribution in [1.29, 1.82) is 0 Å². The van der Waals surface area contributed by atoms with Gasteiger partial charge in [-0.3, -0.25) is 14.5 Å². The van der Waals surface area contributed by atoms with Gasteiger partial charge < -0.3 is 14.5 Å². The van der Waals surface area contributed by atoms with E-state index in [1.54, 1.807) is 49.7 Å². The van der Waals surface area contributed by atoms with Crippen LogP contribution in [0.3, 0.4) is 0 Å². The molecule has 8 heteroatoms. The zero-order chi connectivity index (χ0) is 20.1. The van der Waals surface area contributed by atoms with Gasteiger partial charge in [-0.15, -0.1) is 11.3 Å². The Morgan fingerprint density at radius 3 is 2.54 bits per heavy atom. The maximum Gasteiger partial charge on any atom is 0.259 e. The molecule has 3 rings (SSSR count). The molecule has 0 saturated carbocycles. The Hall–Kier alpha value is -1.90. The Balaban J connectivity index is 1.53. The Labute approximate surface area is 177 Å². The van der Waals surface area contributed by atoms with Gasteiger partial charge in [-0.25, -0.2) is 0 Å². The number of piperazine rings is 1. The summed E-state index contributed by atoms with van der Waals surface area (Å²) in [6.45, 7) is 4.00.